The van der Waals surface area contributed by atoms with Crippen molar-refractivity contribution in [3.63, 3.8) is 0 Å². The maximum atomic E-state index is 15.5. The molecular weight excluding hydrogens is 391 g/mol. The third-order valence-electron chi connectivity index (χ3n) is 5.47. The number of pyridine rings is 1. The molecule has 1 amide bonds. The van der Waals surface area contributed by atoms with Crippen LogP contribution in [0, 0.1) is 0 Å². The lowest BCUT2D eigenvalue weighted by molar-refractivity contribution is 0.0867. The highest BCUT2D eigenvalue weighted by molar-refractivity contribution is 5.94. The van der Waals surface area contributed by atoms with Gasteiger partial charge in [-0.15, -0.1) is 0 Å². The van der Waals surface area contributed by atoms with Gasteiger partial charge in [0, 0.05) is 35.5 Å². The van der Waals surface area contributed by atoms with Crippen LogP contribution in [0.4, 0.5) is 18.9 Å². The van der Waals surface area contributed by atoms with E-state index in [-0.39, 0.29) is 30.5 Å². The summed E-state index contributed by atoms with van der Waals surface area (Å²) in [6.45, 7) is 0. The second-order valence-electron chi connectivity index (χ2n) is 7.62. The first-order valence-corrected chi connectivity index (χ1v) is 9.94. The molecule has 0 unspecified atom stereocenters. The summed E-state index contributed by atoms with van der Waals surface area (Å²) < 4.78 is 42.0. The van der Waals surface area contributed by atoms with E-state index >= 15 is 4.39 Å². The molecule has 3 aromatic rings. The van der Waals surface area contributed by atoms with Crippen LogP contribution in [0.15, 0.2) is 60.7 Å². The minimum atomic E-state index is -2.74. The van der Waals surface area contributed by atoms with E-state index in [0.717, 1.165) is 0 Å². The number of aromatic nitrogens is 1. The third kappa shape index (κ3) is 4.40. The molecule has 0 radical (unpaired) electrons. The molecule has 0 bridgehead atoms. The van der Waals surface area contributed by atoms with Gasteiger partial charge >= 0.3 is 0 Å². The summed E-state index contributed by atoms with van der Waals surface area (Å²) in [6, 6.07) is 16.8. The Labute approximate surface area is 172 Å². The van der Waals surface area contributed by atoms with E-state index in [1.54, 1.807) is 48.5 Å². The summed E-state index contributed by atoms with van der Waals surface area (Å²) in [6.07, 6.45) is -1.52. The first-order valence-electron chi connectivity index (χ1n) is 9.94. The maximum Gasteiger partial charge on any atom is 0.280 e. The number of nitrogens with zero attached hydrogens (tertiary/aromatic N) is 1. The van der Waals surface area contributed by atoms with E-state index in [1.807, 2.05) is 6.07 Å². The van der Waals surface area contributed by atoms with Gasteiger partial charge in [-0.3, -0.25) is 4.79 Å². The number of anilines is 1. The highest BCUT2D eigenvalue weighted by Gasteiger charge is 2.36. The molecule has 1 heterocycles. The normalized spacial score (nSPS) is 21.5. The molecule has 1 aliphatic carbocycles. The Morgan fingerprint density at radius 1 is 1.03 bits per heavy atom. The summed E-state index contributed by atoms with van der Waals surface area (Å²) in [5.41, 5.74) is 0.884. The molecule has 156 valence electrons. The van der Waals surface area contributed by atoms with Crippen molar-refractivity contribution in [1.82, 2.24) is 10.3 Å². The monoisotopic (exact) mass is 413 g/mol. The van der Waals surface area contributed by atoms with Crippen molar-refractivity contribution in [1.29, 1.82) is 0 Å². The van der Waals surface area contributed by atoms with E-state index < -0.39 is 12.2 Å². The number of halogens is 3. The zero-order valence-electron chi connectivity index (χ0n) is 16.2. The van der Waals surface area contributed by atoms with Crippen molar-refractivity contribution in [2.24, 2.45) is 0 Å². The molecule has 1 saturated carbocycles. The average molecular weight is 413 g/mol. The Hall–Kier alpha value is -3.09. The number of amides is 1. The van der Waals surface area contributed by atoms with Gasteiger partial charge in [0.15, 0.2) is 5.79 Å². The van der Waals surface area contributed by atoms with Crippen LogP contribution in [0.25, 0.3) is 10.9 Å². The summed E-state index contributed by atoms with van der Waals surface area (Å²) >= 11 is 0. The van der Waals surface area contributed by atoms with Crippen molar-refractivity contribution in [2.45, 2.75) is 43.9 Å². The quantitative estimate of drug-likeness (QED) is 0.534. The molecule has 1 aromatic heterocycles. The second kappa shape index (κ2) is 8.34. The number of carbonyl (C=O) groups excluding carboxylic acids is 1. The van der Waals surface area contributed by atoms with Gasteiger partial charge < -0.3 is 10.6 Å². The van der Waals surface area contributed by atoms with E-state index in [9.17, 15) is 13.6 Å². The minimum Gasteiger partial charge on any atom is -0.353 e. The molecule has 7 heteroatoms. The first-order chi connectivity index (χ1) is 14.4. The second-order valence-corrected chi connectivity index (χ2v) is 7.62. The van der Waals surface area contributed by atoms with Gasteiger partial charge in [0.2, 0.25) is 0 Å². The Balaban J connectivity index is 1.46. The Morgan fingerprint density at radius 2 is 1.70 bits per heavy atom. The van der Waals surface area contributed by atoms with Crippen LogP contribution in [0.5, 0.6) is 0 Å². The molecule has 4 nitrogen and oxygen atoms in total. The highest BCUT2D eigenvalue weighted by Crippen LogP contribution is 2.36. The van der Waals surface area contributed by atoms with Gasteiger partial charge in [0.25, 0.3) is 12.3 Å². The Bertz CT molecular complexity index is 1030. The number of para-hydroxylation sites is 1. The van der Waals surface area contributed by atoms with E-state index in [4.69, 9.17) is 0 Å². The van der Waals surface area contributed by atoms with Crippen molar-refractivity contribution in [2.75, 3.05) is 5.32 Å². The number of carbonyl (C=O) groups is 1. The number of hydrogen-bond donors (Lipinski definition) is 2. The van der Waals surface area contributed by atoms with Gasteiger partial charge in [-0.05, 0) is 37.1 Å². The molecule has 2 aromatic carbocycles. The zero-order valence-corrected chi connectivity index (χ0v) is 16.2. The molecule has 4 rings (SSSR count). The van der Waals surface area contributed by atoms with Gasteiger partial charge in [-0.2, -0.15) is 0 Å². The van der Waals surface area contributed by atoms with E-state index in [2.05, 4.69) is 15.6 Å². The van der Waals surface area contributed by atoms with Crippen LogP contribution in [0.2, 0.25) is 0 Å². The average Bonchev–Trinajstić information content (AvgIpc) is 2.76. The molecule has 0 spiro atoms. The van der Waals surface area contributed by atoms with Crippen LogP contribution in [-0.4, -0.2) is 22.7 Å². The summed E-state index contributed by atoms with van der Waals surface area (Å²) in [7, 11) is 0. The van der Waals surface area contributed by atoms with Crippen molar-refractivity contribution >= 4 is 22.5 Å². The Morgan fingerprint density at radius 3 is 2.40 bits per heavy atom. The molecule has 0 aliphatic heterocycles. The molecular formula is C23H22F3N3O. The standard InChI is InChI=1S/C23H22F3N3O/c24-21(25)20-14-19(17-8-4-5-9-18(17)28-20)29-23(26)12-10-16(11-13-23)27-22(30)15-6-2-1-3-7-15/h1-9,14,16,21H,10-13H2,(H,27,30)(H,28,29). The van der Waals surface area contributed by atoms with Crippen LogP contribution in [0.3, 0.4) is 0 Å². The van der Waals surface area contributed by atoms with Gasteiger partial charge in [0.05, 0.1) is 5.52 Å². The summed E-state index contributed by atoms with van der Waals surface area (Å²) in [5, 5.41) is 6.39. The fourth-order valence-electron chi connectivity index (χ4n) is 3.86. The van der Waals surface area contributed by atoms with Crippen molar-refractivity contribution < 1.29 is 18.0 Å². The van der Waals surface area contributed by atoms with Gasteiger partial charge in [-0.1, -0.05) is 36.4 Å². The molecule has 1 aliphatic rings. The summed E-state index contributed by atoms with van der Waals surface area (Å²) in [5.74, 6) is -1.92. The largest absolute Gasteiger partial charge is 0.353 e. The lowest BCUT2D eigenvalue weighted by atomic mass is 9.88. The van der Waals surface area contributed by atoms with Crippen LogP contribution in [-0.2, 0) is 0 Å². The lowest BCUT2D eigenvalue weighted by Crippen LogP contribution is -2.45. The topological polar surface area (TPSA) is 54.0 Å². The molecule has 0 atom stereocenters. The predicted molar refractivity (Wildman–Crippen MR) is 110 cm³/mol. The lowest BCUT2D eigenvalue weighted by Gasteiger charge is -2.35. The van der Waals surface area contributed by atoms with E-state index in [0.29, 0.717) is 35.0 Å². The number of hydrogen-bond acceptors (Lipinski definition) is 3. The van der Waals surface area contributed by atoms with Gasteiger partial charge in [-0.25, -0.2) is 18.2 Å². The fourth-order valence-corrected chi connectivity index (χ4v) is 3.86. The predicted octanol–water partition coefficient (Wildman–Crippen LogP) is 5.62. The molecule has 2 N–H and O–H groups in total. The third-order valence-corrected chi connectivity index (χ3v) is 5.47. The van der Waals surface area contributed by atoms with Crippen molar-refractivity contribution in [3.05, 3.63) is 71.9 Å². The molecule has 30 heavy (non-hydrogen) atoms. The molecule has 0 saturated heterocycles. The fraction of sp³-hybridized carbons (Fsp3) is 0.304. The number of nitrogens with one attached hydrogen (secondary N) is 2. The summed E-state index contributed by atoms with van der Waals surface area (Å²) in [4.78, 5) is 16.3. The van der Waals surface area contributed by atoms with Gasteiger partial charge in [0.1, 0.15) is 5.69 Å². The van der Waals surface area contributed by atoms with Crippen LogP contribution < -0.4 is 10.6 Å². The number of alkyl halides is 3. The Kier molecular flexibility index (Phi) is 5.61. The molecule has 1 fully saturated rings. The number of benzene rings is 2. The number of rotatable bonds is 5. The minimum absolute atomic E-state index is 0.130. The highest BCUT2D eigenvalue weighted by atomic mass is 19.3. The van der Waals surface area contributed by atoms with Crippen molar-refractivity contribution in [3.8, 4) is 0 Å². The van der Waals surface area contributed by atoms with Crippen LogP contribution >= 0.6 is 0 Å². The first kappa shape index (κ1) is 20.2. The zero-order chi connectivity index (χ0) is 21.1. The van der Waals surface area contributed by atoms with Crippen LogP contribution in [0.1, 0.15) is 48.2 Å². The van der Waals surface area contributed by atoms with E-state index in [1.165, 1.54) is 6.07 Å². The SMILES string of the molecule is O=C(NC1CCC(F)(Nc2cc(C(F)F)nc3ccccc23)CC1)c1ccccc1. The smallest absolute Gasteiger partial charge is 0.280 e. The number of fused-ring (bicyclic) bond motifs is 1. The maximum absolute atomic E-state index is 15.5.